The molecule has 2 N–H and O–H groups in total. The second-order valence-electron chi connectivity index (χ2n) is 4.60. The van der Waals surface area contributed by atoms with Crippen LogP contribution in [0.2, 0.25) is 4.34 Å². The van der Waals surface area contributed by atoms with Crippen molar-refractivity contribution in [2.24, 2.45) is 5.73 Å². The second kappa shape index (κ2) is 6.16. The summed E-state index contributed by atoms with van der Waals surface area (Å²) < 4.78 is 6.69. The van der Waals surface area contributed by atoms with E-state index in [2.05, 4.69) is 18.0 Å². The molecule has 0 radical (unpaired) electrons. The Labute approximate surface area is 112 Å². The van der Waals surface area contributed by atoms with E-state index in [1.54, 1.807) is 11.3 Å². The molecule has 2 unspecified atom stereocenters. The molecule has 0 bridgehead atoms. The lowest BCUT2D eigenvalue weighted by Gasteiger charge is -2.20. The molecule has 0 saturated carbocycles. The molecule has 1 aromatic rings. The first-order valence-corrected chi connectivity index (χ1v) is 7.15. The van der Waals surface area contributed by atoms with Gasteiger partial charge in [-0.1, -0.05) is 11.6 Å². The standard InChI is InChI=1S/C12H19ClN2OS/c1-15(8-11-4-5-12(13)17-11)7-10-3-2-9(6-14)16-10/h4-5,9-10H,2-3,6-8,14H2,1H3. The van der Waals surface area contributed by atoms with Gasteiger partial charge in [0.15, 0.2) is 0 Å². The molecule has 0 spiro atoms. The number of ether oxygens (including phenoxy) is 1. The van der Waals surface area contributed by atoms with Crippen molar-refractivity contribution in [1.29, 1.82) is 0 Å². The first kappa shape index (κ1) is 13.3. The third-order valence-corrected chi connectivity index (χ3v) is 4.24. The molecule has 0 aliphatic carbocycles. The highest BCUT2D eigenvalue weighted by Gasteiger charge is 2.24. The molecule has 0 amide bonds. The first-order chi connectivity index (χ1) is 8.17. The SMILES string of the molecule is CN(Cc1ccc(Cl)s1)CC1CCC(CN)O1. The maximum absolute atomic E-state index is 5.91. The topological polar surface area (TPSA) is 38.5 Å². The van der Waals surface area contributed by atoms with Crippen LogP contribution in [0.25, 0.3) is 0 Å². The molecular weight excluding hydrogens is 256 g/mol. The number of halogens is 1. The van der Waals surface area contributed by atoms with Crippen LogP contribution in [0.5, 0.6) is 0 Å². The molecule has 96 valence electrons. The zero-order valence-electron chi connectivity index (χ0n) is 10.1. The van der Waals surface area contributed by atoms with E-state index in [4.69, 9.17) is 22.1 Å². The highest BCUT2D eigenvalue weighted by Crippen LogP contribution is 2.24. The number of hydrogen-bond donors (Lipinski definition) is 1. The average molecular weight is 275 g/mol. The summed E-state index contributed by atoms with van der Waals surface area (Å²) >= 11 is 7.56. The van der Waals surface area contributed by atoms with Gasteiger partial charge in [0, 0.05) is 24.5 Å². The molecule has 5 heteroatoms. The second-order valence-corrected chi connectivity index (χ2v) is 6.40. The fraction of sp³-hybridized carbons (Fsp3) is 0.667. The minimum atomic E-state index is 0.268. The van der Waals surface area contributed by atoms with Gasteiger partial charge in [-0.15, -0.1) is 11.3 Å². The fourth-order valence-electron chi connectivity index (χ4n) is 2.20. The Morgan fingerprint density at radius 2 is 2.24 bits per heavy atom. The minimum Gasteiger partial charge on any atom is -0.372 e. The fourth-order valence-corrected chi connectivity index (χ4v) is 3.37. The molecule has 2 heterocycles. The van der Waals surface area contributed by atoms with Gasteiger partial charge >= 0.3 is 0 Å². The van der Waals surface area contributed by atoms with Crippen molar-refractivity contribution in [3.05, 3.63) is 21.3 Å². The van der Waals surface area contributed by atoms with Gasteiger partial charge in [0.05, 0.1) is 16.5 Å². The van der Waals surface area contributed by atoms with E-state index in [0.29, 0.717) is 12.6 Å². The Bertz CT molecular complexity index is 358. The largest absolute Gasteiger partial charge is 0.372 e. The van der Waals surface area contributed by atoms with Gasteiger partial charge in [0.1, 0.15) is 0 Å². The highest BCUT2D eigenvalue weighted by molar-refractivity contribution is 7.16. The first-order valence-electron chi connectivity index (χ1n) is 5.95. The molecule has 0 aromatic carbocycles. The lowest BCUT2D eigenvalue weighted by molar-refractivity contribution is 0.0308. The molecule has 2 rings (SSSR count). The molecule has 2 atom stereocenters. The third-order valence-electron chi connectivity index (χ3n) is 3.03. The van der Waals surface area contributed by atoms with E-state index in [1.165, 1.54) is 4.88 Å². The van der Waals surface area contributed by atoms with Crippen LogP contribution < -0.4 is 5.73 Å². The normalized spacial score (nSPS) is 24.7. The number of likely N-dealkylation sites (N-methyl/N-ethyl adjacent to an activating group) is 1. The van der Waals surface area contributed by atoms with Crippen LogP contribution in [0.4, 0.5) is 0 Å². The van der Waals surface area contributed by atoms with Gasteiger partial charge in [0.2, 0.25) is 0 Å². The van der Waals surface area contributed by atoms with Crippen molar-refractivity contribution in [2.45, 2.75) is 31.6 Å². The van der Waals surface area contributed by atoms with Gasteiger partial charge in [-0.25, -0.2) is 0 Å². The van der Waals surface area contributed by atoms with Crippen LogP contribution in [-0.2, 0) is 11.3 Å². The van der Waals surface area contributed by atoms with Gasteiger partial charge < -0.3 is 10.5 Å². The van der Waals surface area contributed by atoms with Gasteiger partial charge in [0.25, 0.3) is 0 Å². The number of rotatable bonds is 5. The van der Waals surface area contributed by atoms with Crippen LogP contribution in [0, 0.1) is 0 Å². The molecule has 17 heavy (non-hydrogen) atoms. The Morgan fingerprint density at radius 3 is 2.82 bits per heavy atom. The van der Waals surface area contributed by atoms with E-state index in [-0.39, 0.29) is 6.10 Å². The van der Waals surface area contributed by atoms with Crippen molar-refractivity contribution >= 4 is 22.9 Å². The Kier molecular flexibility index (Phi) is 4.82. The lowest BCUT2D eigenvalue weighted by atomic mass is 10.2. The van der Waals surface area contributed by atoms with E-state index in [0.717, 1.165) is 30.3 Å². The summed E-state index contributed by atoms with van der Waals surface area (Å²) in [4.78, 5) is 3.58. The Hall–Kier alpha value is -0.130. The van der Waals surface area contributed by atoms with Gasteiger partial charge in [-0.2, -0.15) is 0 Å². The van der Waals surface area contributed by atoms with Crippen molar-refractivity contribution in [3.63, 3.8) is 0 Å². The summed E-state index contributed by atoms with van der Waals surface area (Å²) in [6.07, 6.45) is 2.82. The summed E-state index contributed by atoms with van der Waals surface area (Å²) in [5.74, 6) is 0. The molecule has 1 saturated heterocycles. The van der Waals surface area contributed by atoms with Crippen molar-refractivity contribution in [2.75, 3.05) is 20.1 Å². The van der Waals surface area contributed by atoms with E-state index >= 15 is 0 Å². The number of thiophene rings is 1. The van der Waals surface area contributed by atoms with Crippen molar-refractivity contribution < 1.29 is 4.74 Å². The Balaban J connectivity index is 1.76. The molecule has 1 aromatic heterocycles. The predicted molar refractivity (Wildman–Crippen MR) is 72.6 cm³/mol. The van der Waals surface area contributed by atoms with E-state index in [9.17, 15) is 0 Å². The van der Waals surface area contributed by atoms with Crippen LogP contribution >= 0.6 is 22.9 Å². The summed E-state index contributed by atoms with van der Waals surface area (Å²) in [6.45, 7) is 2.54. The maximum Gasteiger partial charge on any atom is 0.0931 e. The summed E-state index contributed by atoms with van der Waals surface area (Å²) in [5, 5.41) is 0. The number of nitrogens with zero attached hydrogens (tertiary/aromatic N) is 1. The van der Waals surface area contributed by atoms with Crippen LogP contribution in [-0.4, -0.2) is 37.2 Å². The zero-order chi connectivity index (χ0) is 12.3. The zero-order valence-corrected chi connectivity index (χ0v) is 11.6. The Morgan fingerprint density at radius 1 is 1.47 bits per heavy atom. The van der Waals surface area contributed by atoms with Crippen LogP contribution in [0.15, 0.2) is 12.1 Å². The van der Waals surface area contributed by atoms with Crippen LogP contribution in [0.3, 0.4) is 0 Å². The smallest absolute Gasteiger partial charge is 0.0931 e. The number of nitrogens with two attached hydrogens (primary N) is 1. The highest BCUT2D eigenvalue weighted by atomic mass is 35.5. The minimum absolute atomic E-state index is 0.268. The number of hydrogen-bond acceptors (Lipinski definition) is 4. The van der Waals surface area contributed by atoms with Crippen molar-refractivity contribution in [1.82, 2.24) is 4.90 Å². The molecule has 1 aliphatic rings. The maximum atomic E-state index is 5.91. The van der Waals surface area contributed by atoms with Crippen LogP contribution in [0.1, 0.15) is 17.7 Å². The molecule has 3 nitrogen and oxygen atoms in total. The van der Waals surface area contributed by atoms with Gasteiger partial charge in [-0.3, -0.25) is 4.90 Å². The lowest BCUT2D eigenvalue weighted by Crippen LogP contribution is -2.30. The van der Waals surface area contributed by atoms with E-state index in [1.807, 2.05) is 6.07 Å². The third kappa shape index (κ3) is 3.93. The summed E-state index contributed by atoms with van der Waals surface area (Å²) in [5.41, 5.74) is 5.60. The predicted octanol–water partition coefficient (Wildman–Crippen LogP) is 2.34. The molecule has 1 aliphatic heterocycles. The van der Waals surface area contributed by atoms with E-state index < -0.39 is 0 Å². The average Bonchev–Trinajstić information content (AvgIpc) is 2.88. The quantitative estimate of drug-likeness (QED) is 0.896. The van der Waals surface area contributed by atoms with Crippen molar-refractivity contribution in [3.8, 4) is 0 Å². The molecular formula is C12H19ClN2OS. The summed E-state index contributed by atoms with van der Waals surface area (Å²) in [7, 11) is 2.12. The monoisotopic (exact) mass is 274 g/mol. The molecule has 1 fully saturated rings. The van der Waals surface area contributed by atoms with Gasteiger partial charge in [-0.05, 0) is 32.0 Å². The summed E-state index contributed by atoms with van der Waals surface area (Å²) in [6, 6.07) is 4.04.